The van der Waals surface area contributed by atoms with Crippen molar-refractivity contribution < 1.29 is 9.59 Å². The van der Waals surface area contributed by atoms with Crippen molar-refractivity contribution in [3.8, 4) is 11.1 Å². The maximum Gasteiger partial charge on any atom is 0.190 e. The van der Waals surface area contributed by atoms with E-state index >= 15 is 0 Å². The third-order valence-corrected chi connectivity index (χ3v) is 3.63. The average Bonchev–Trinajstić information content (AvgIpc) is 2.57. The second kappa shape index (κ2) is 3.64. The molecule has 2 heteroatoms. The van der Waals surface area contributed by atoms with Crippen LogP contribution in [0.4, 0.5) is 0 Å². The molecule has 0 atom stereocenters. The van der Waals surface area contributed by atoms with Crippen LogP contribution < -0.4 is 0 Å². The largest absolute Gasteiger partial charge is 0.289 e. The second-order valence-electron chi connectivity index (χ2n) is 4.62. The molecule has 18 heavy (non-hydrogen) atoms. The van der Waals surface area contributed by atoms with Crippen LogP contribution in [0.15, 0.2) is 47.5 Å². The van der Waals surface area contributed by atoms with Gasteiger partial charge in [-0.2, -0.15) is 0 Å². The van der Waals surface area contributed by atoms with E-state index in [2.05, 4.69) is 0 Å². The molecular formula is C16H12O2. The van der Waals surface area contributed by atoms with E-state index in [9.17, 15) is 9.59 Å². The first-order chi connectivity index (χ1) is 8.61. The molecule has 0 fully saturated rings. The molecule has 0 aliphatic heterocycles. The number of carbonyl (C=O) groups excluding carboxylic acids is 2. The second-order valence-corrected chi connectivity index (χ2v) is 4.62. The van der Waals surface area contributed by atoms with Crippen molar-refractivity contribution in [3.05, 3.63) is 58.7 Å². The van der Waals surface area contributed by atoms with Crippen molar-refractivity contribution in [2.75, 3.05) is 0 Å². The normalized spacial score (nSPS) is 15.2. The Labute approximate surface area is 105 Å². The molecule has 0 aromatic heterocycles. The number of ketones is 2. The molecule has 88 valence electrons. The lowest BCUT2D eigenvalue weighted by Gasteiger charge is -2.14. The lowest BCUT2D eigenvalue weighted by atomic mass is 9.87. The van der Waals surface area contributed by atoms with Gasteiger partial charge in [0.1, 0.15) is 0 Å². The summed E-state index contributed by atoms with van der Waals surface area (Å²) in [4.78, 5) is 24.5. The van der Waals surface area contributed by atoms with Crippen LogP contribution in [0, 0.1) is 0 Å². The fraction of sp³-hybridized carbons (Fsp3) is 0.125. The van der Waals surface area contributed by atoms with Crippen LogP contribution in [0.3, 0.4) is 0 Å². The minimum Gasteiger partial charge on any atom is -0.289 e. The zero-order chi connectivity index (χ0) is 12.9. The average molecular weight is 236 g/mol. The van der Waals surface area contributed by atoms with Crippen molar-refractivity contribution in [1.29, 1.82) is 0 Å². The number of hydrogen-bond donors (Lipinski definition) is 0. The summed E-state index contributed by atoms with van der Waals surface area (Å²) in [7, 11) is 0. The van der Waals surface area contributed by atoms with E-state index in [1.54, 1.807) is 13.8 Å². The maximum absolute atomic E-state index is 12.3. The van der Waals surface area contributed by atoms with Crippen LogP contribution in [0.5, 0.6) is 0 Å². The van der Waals surface area contributed by atoms with Gasteiger partial charge in [-0.25, -0.2) is 0 Å². The van der Waals surface area contributed by atoms with Crippen molar-refractivity contribution in [3.63, 3.8) is 0 Å². The predicted octanol–water partition coefficient (Wildman–Crippen LogP) is 3.51. The fourth-order valence-corrected chi connectivity index (χ4v) is 2.44. The Morgan fingerprint density at radius 3 is 2.22 bits per heavy atom. The molecular weight excluding hydrogens is 224 g/mol. The zero-order valence-electron chi connectivity index (χ0n) is 10.3. The van der Waals surface area contributed by atoms with Crippen LogP contribution in [0.25, 0.3) is 11.1 Å². The molecule has 0 N–H and O–H groups in total. The minimum absolute atomic E-state index is 0.0247. The number of rotatable bonds is 0. The molecule has 3 rings (SSSR count). The fourth-order valence-electron chi connectivity index (χ4n) is 2.44. The summed E-state index contributed by atoms with van der Waals surface area (Å²) in [6.07, 6.45) is 0. The molecule has 3 aliphatic carbocycles. The summed E-state index contributed by atoms with van der Waals surface area (Å²) in [6.45, 7) is 3.44. The van der Waals surface area contributed by atoms with Gasteiger partial charge in [-0.05, 0) is 31.0 Å². The van der Waals surface area contributed by atoms with Crippen molar-refractivity contribution >= 4 is 11.6 Å². The highest BCUT2D eigenvalue weighted by molar-refractivity contribution is 6.29. The van der Waals surface area contributed by atoms with Gasteiger partial charge < -0.3 is 0 Å². The molecule has 0 saturated carbocycles. The standard InChI is InChI=1S/C16H12O2/c1-9-10(2)16(18)14-12-7-5-3-4-6-11(12)8-13(14)15(9)17/h3-8H,1-2H3. The van der Waals surface area contributed by atoms with E-state index in [1.807, 2.05) is 36.4 Å². The van der Waals surface area contributed by atoms with E-state index in [4.69, 9.17) is 0 Å². The Morgan fingerprint density at radius 1 is 0.778 bits per heavy atom. The number of carbonyl (C=O) groups is 2. The third-order valence-electron chi connectivity index (χ3n) is 3.63. The monoisotopic (exact) mass is 236 g/mol. The van der Waals surface area contributed by atoms with Gasteiger partial charge >= 0.3 is 0 Å². The van der Waals surface area contributed by atoms with Crippen LogP contribution in [-0.4, -0.2) is 11.6 Å². The quantitative estimate of drug-likeness (QED) is 0.701. The van der Waals surface area contributed by atoms with E-state index in [1.165, 1.54) is 0 Å². The summed E-state index contributed by atoms with van der Waals surface area (Å²) in [5, 5.41) is 0. The Hall–Kier alpha value is -2.22. The summed E-state index contributed by atoms with van der Waals surface area (Å²) in [6, 6.07) is 11.4. The van der Waals surface area contributed by atoms with Crippen LogP contribution in [-0.2, 0) is 0 Å². The first-order valence-corrected chi connectivity index (χ1v) is 5.90. The summed E-state index contributed by atoms with van der Waals surface area (Å²) >= 11 is 0. The molecule has 0 bridgehead atoms. The highest BCUT2D eigenvalue weighted by Crippen LogP contribution is 2.37. The summed E-state index contributed by atoms with van der Waals surface area (Å²) < 4.78 is 0. The Balaban J connectivity index is 2.39. The summed E-state index contributed by atoms with van der Waals surface area (Å²) in [5.41, 5.74) is 4.03. The molecule has 0 spiro atoms. The molecule has 0 heterocycles. The van der Waals surface area contributed by atoms with Gasteiger partial charge in [-0.1, -0.05) is 30.3 Å². The van der Waals surface area contributed by atoms with Crippen LogP contribution >= 0.6 is 0 Å². The lowest BCUT2D eigenvalue weighted by Crippen LogP contribution is -2.17. The Morgan fingerprint density at radius 2 is 1.44 bits per heavy atom. The number of fused-ring (bicyclic) bond motifs is 3. The zero-order valence-corrected chi connectivity index (χ0v) is 10.3. The Bertz CT molecular complexity index is 692. The molecule has 0 amide bonds. The molecule has 0 aromatic rings. The van der Waals surface area contributed by atoms with E-state index in [0.29, 0.717) is 22.3 Å². The summed E-state index contributed by atoms with van der Waals surface area (Å²) in [5.74, 6) is -0.0516. The smallest absolute Gasteiger partial charge is 0.190 e. The van der Waals surface area contributed by atoms with Crippen LogP contribution in [0.1, 0.15) is 34.6 Å². The molecule has 0 aromatic carbocycles. The molecule has 2 nitrogen and oxygen atoms in total. The van der Waals surface area contributed by atoms with Crippen LogP contribution in [0.2, 0.25) is 0 Å². The van der Waals surface area contributed by atoms with Gasteiger partial charge in [-0.3, -0.25) is 9.59 Å². The van der Waals surface area contributed by atoms with Crippen molar-refractivity contribution in [1.82, 2.24) is 0 Å². The lowest BCUT2D eigenvalue weighted by molar-refractivity contribution is 0.0976. The maximum atomic E-state index is 12.3. The van der Waals surface area contributed by atoms with Crippen molar-refractivity contribution in [2.45, 2.75) is 13.8 Å². The third kappa shape index (κ3) is 1.29. The Kier molecular flexibility index (Phi) is 2.20. The highest BCUT2D eigenvalue weighted by Gasteiger charge is 2.32. The van der Waals surface area contributed by atoms with Gasteiger partial charge in [0.25, 0.3) is 0 Å². The topological polar surface area (TPSA) is 34.1 Å². The SMILES string of the molecule is CC1=C(C)C(=O)c2c(cc3cccccc2-3)C1=O. The predicted molar refractivity (Wildman–Crippen MR) is 70.1 cm³/mol. The number of Topliss-reactive ketones (excluding diaryl/α,β-unsaturated/α-hetero) is 2. The number of hydrogen-bond acceptors (Lipinski definition) is 2. The van der Waals surface area contributed by atoms with E-state index in [0.717, 1.165) is 11.1 Å². The molecule has 3 aliphatic rings. The van der Waals surface area contributed by atoms with E-state index in [-0.39, 0.29) is 11.6 Å². The van der Waals surface area contributed by atoms with Gasteiger partial charge in [0.15, 0.2) is 11.6 Å². The first kappa shape index (κ1) is 10.9. The van der Waals surface area contributed by atoms with Gasteiger partial charge in [0.05, 0.1) is 0 Å². The van der Waals surface area contributed by atoms with Crippen molar-refractivity contribution in [2.24, 2.45) is 0 Å². The minimum atomic E-state index is -0.0269. The van der Waals surface area contributed by atoms with Gasteiger partial charge in [0.2, 0.25) is 0 Å². The first-order valence-electron chi connectivity index (χ1n) is 5.90. The van der Waals surface area contributed by atoms with E-state index < -0.39 is 0 Å². The number of allylic oxidation sites excluding steroid dienone is 2. The van der Waals surface area contributed by atoms with Gasteiger partial charge in [0, 0.05) is 22.3 Å². The molecule has 0 unspecified atom stereocenters. The van der Waals surface area contributed by atoms with Gasteiger partial charge in [-0.15, -0.1) is 0 Å². The highest BCUT2D eigenvalue weighted by atomic mass is 16.1. The molecule has 0 saturated heterocycles. The molecule has 0 radical (unpaired) electrons.